The van der Waals surface area contributed by atoms with Crippen LogP contribution in [0.2, 0.25) is 0 Å². The van der Waals surface area contributed by atoms with Crippen LogP contribution in [0.15, 0.2) is 35.7 Å². The van der Waals surface area contributed by atoms with Gasteiger partial charge in [0.1, 0.15) is 17.2 Å². The number of carbonyl (C=O) groups is 4. The lowest BCUT2D eigenvalue weighted by molar-refractivity contribution is -0.134. The van der Waals surface area contributed by atoms with E-state index in [1.807, 2.05) is 19.0 Å². The molecule has 34 heavy (non-hydrogen) atoms. The van der Waals surface area contributed by atoms with Crippen LogP contribution in [0.1, 0.15) is 20.8 Å². The van der Waals surface area contributed by atoms with E-state index in [0.29, 0.717) is 40.9 Å². The van der Waals surface area contributed by atoms with Crippen molar-refractivity contribution in [3.05, 3.63) is 47.0 Å². The molecule has 0 spiro atoms. The maximum Gasteiger partial charge on any atom is 0.328 e. The lowest BCUT2D eigenvalue weighted by atomic mass is 10.2. The standard InChI is InChI=1S/C17H22N4O4S.C4H4O4/c1-21(2)8-7-18-16(23)13-10-26-17(19-13)20-15(22)12-9-11(24-3)5-6-14(12)25-4;5-3(6)1-2-4(7)8/h5-6,9-10H,7-8H2,1-4H3,(H,18,23)(H,19,20,22);1-2H,(H,5,6)(H,7,8)/b;2-1-. The molecule has 1 heterocycles. The number of methoxy groups -OCH3 is 2. The van der Waals surface area contributed by atoms with Crippen LogP contribution in [0.3, 0.4) is 0 Å². The highest BCUT2D eigenvalue weighted by atomic mass is 32.1. The molecule has 1 aromatic heterocycles. The van der Waals surface area contributed by atoms with Crippen molar-refractivity contribution in [1.29, 1.82) is 0 Å². The van der Waals surface area contributed by atoms with Crippen LogP contribution >= 0.6 is 11.3 Å². The molecule has 2 amide bonds. The SMILES string of the molecule is COc1ccc(OC)c(C(=O)Nc2nc(C(=O)NCCN(C)C)cs2)c1.O=C(O)/C=C\C(=O)O. The molecule has 184 valence electrons. The van der Waals surface area contributed by atoms with E-state index in [2.05, 4.69) is 15.6 Å². The Morgan fingerprint density at radius 3 is 2.24 bits per heavy atom. The number of amides is 2. The summed E-state index contributed by atoms with van der Waals surface area (Å²) in [6, 6.07) is 4.94. The highest BCUT2D eigenvalue weighted by Gasteiger charge is 2.17. The first-order valence-corrected chi connectivity index (χ1v) is 10.5. The fourth-order valence-electron chi connectivity index (χ4n) is 2.22. The third-order valence-electron chi connectivity index (χ3n) is 3.82. The molecule has 0 aliphatic rings. The number of ether oxygens (including phenoxy) is 2. The van der Waals surface area contributed by atoms with Crippen molar-refractivity contribution in [3.63, 3.8) is 0 Å². The summed E-state index contributed by atoms with van der Waals surface area (Å²) in [6.45, 7) is 1.25. The van der Waals surface area contributed by atoms with E-state index in [1.165, 1.54) is 25.6 Å². The Kier molecular flexibility index (Phi) is 11.7. The smallest absolute Gasteiger partial charge is 0.328 e. The van der Waals surface area contributed by atoms with Crippen LogP contribution in [0.5, 0.6) is 11.5 Å². The molecular weight excluding hydrogens is 468 g/mol. The van der Waals surface area contributed by atoms with Crippen molar-refractivity contribution in [3.8, 4) is 11.5 Å². The molecule has 4 N–H and O–H groups in total. The molecule has 0 unspecified atom stereocenters. The summed E-state index contributed by atoms with van der Waals surface area (Å²) in [5.74, 6) is -2.23. The van der Waals surface area contributed by atoms with Gasteiger partial charge >= 0.3 is 11.9 Å². The van der Waals surface area contributed by atoms with Gasteiger partial charge in [-0.3, -0.25) is 14.9 Å². The van der Waals surface area contributed by atoms with E-state index in [0.717, 1.165) is 6.54 Å². The van der Waals surface area contributed by atoms with Crippen LogP contribution in [0.25, 0.3) is 0 Å². The van der Waals surface area contributed by atoms with E-state index in [4.69, 9.17) is 19.7 Å². The summed E-state index contributed by atoms with van der Waals surface area (Å²) < 4.78 is 10.3. The number of carbonyl (C=O) groups excluding carboxylic acids is 2. The minimum absolute atomic E-state index is 0.265. The van der Waals surface area contributed by atoms with Crippen molar-refractivity contribution < 1.29 is 38.9 Å². The molecule has 1 aromatic carbocycles. The minimum Gasteiger partial charge on any atom is -0.497 e. The third-order valence-corrected chi connectivity index (χ3v) is 4.58. The van der Waals surface area contributed by atoms with Gasteiger partial charge in [-0.15, -0.1) is 11.3 Å². The van der Waals surface area contributed by atoms with E-state index < -0.39 is 17.8 Å². The van der Waals surface area contributed by atoms with Gasteiger partial charge < -0.3 is 29.9 Å². The van der Waals surface area contributed by atoms with Crippen LogP contribution < -0.4 is 20.1 Å². The molecular formula is C21H26N4O8S. The number of carboxylic acid groups (broad SMARTS) is 2. The third kappa shape index (κ3) is 10.1. The van der Waals surface area contributed by atoms with E-state index in [1.54, 1.807) is 23.6 Å². The van der Waals surface area contributed by atoms with Crippen LogP contribution in [0, 0.1) is 0 Å². The van der Waals surface area contributed by atoms with Gasteiger partial charge in [-0.05, 0) is 32.3 Å². The lowest BCUT2D eigenvalue weighted by Gasteiger charge is -2.10. The topological polar surface area (TPSA) is 167 Å². The van der Waals surface area contributed by atoms with E-state index in [9.17, 15) is 19.2 Å². The highest BCUT2D eigenvalue weighted by Crippen LogP contribution is 2.25. The zero-order valence-electron chi connectivity index (χ0n) is 19.0. The first-order chi connectivity index (χ1) is 16.1. The quantitative estimate of drug-likeness (QED) is 0.355. The summed E-state index contributed by atoms with van der Waals surface area (Å²) in [4.78, 5) is 49.8. The Hall–Kier alpha value is -3.97. The van der Waals surface area contributed by atoms with Crippen molar-refractivity contribution in [2.24, 2.45) is 0 Å². The molecule has 0 fully saturated rings. The number of hydrogen-bond donors (Lipinski definition) is 4. The molecule has 2 aromatic rings. The second-order valence-corrected chi connectivity index (χ2v) is 7.49. The molecule has 2 rings (SSSR count). The van der Waals surface area contributed by atoms with Crippen molar-refractivity contribution in [2.45, 2.75) is 0 Å². The first-order valence-electron chi connectivity index (χ1n) is 9.63. The Morgan fingerprint density at radius 2 is 1.71 bits per heavy atom. The molecule has 0 atom stereocenters. The number of thiazole rings is 1. The molecule has 13 heteroatoms. The Labute approximate surface area is 199 Å². The second-order valence-electron chi connectivity index (χ2n) is 6.63. The summed E-state index contributed by atoms with van der Waals surface area (Å²) in [7, 11) is 6.86. The summed E-state index contributed by atoms with van der Waals surface area (Å²) in [5, 5.41) is 23.0. The van der Waals surface area contributed by atoms with Gasteiger partial charge in [0.05, 0.1) is 19.8 Å². The maximum absolute atomic E-state index is 12.5. The Bertz CT molecular complexity index is 1020. The summed E-state index contributed by atoms with van der Waals surface area (Å²) in [5.41, 5.74) is 0.584. The lowest BCUT2D eigenvalue weighted by Crippen LogP contribution is -2.31. The summed E-state index contributed by atoms with van der Waals surface area (Å²) >= 11 is 1.18. The Morgan fingerprint density at radius 1 is 1.06 bits per heavy atom. The monoisotopic (exact) mass is 494 g/mol. The average Bonchev–Trinajstić information content (AvgIpc) is 3.25. The van der Waals surface area contributed by atoms with Gasteiger partial charge in [0.25, 0.3) is 11.8 Å². The predicted molar refractivity (Wildman–Crippen MR) is 125 cm³/mol. The predicted octanol–water partition coefficient (Wildman–Crippen LogP) is 1.42. The largest absolute Gasteiger partial charge is 0.497 e. The fraction of sp³-hybridized carbons (Fsp3) is 0.286. The van der Waals surface area contributed by atoms with E-state index in [-0.39, 0.29) is 11.6 Å². The van der Waals surface area contributed by atoms with Gasteiger partial charge in [-0.25, -0.2) is 14.6 Å². The molecule has 0 aliphatic carbocycles. The maximum atomic E-state index is 12.5. The van der Waals surface area contributed by atoms with Crippen molar-refractivity contribution in [2.75, 3.05) is 46.7 Å². The Balaban J connectivity index is 0.000000620. The number of nitrogens with one attached hydrogen (secondary N) is 2. The normalized spacial score (nSPS) is 10.3. The minimum atomic E-state index is -1.26. The number of likely N-dealkylation sites (N-methyl/N-ethyl adjacent to an activating group) is 1. The van der Waals surface area contributed by atoms with Gasteiger partial charge in [0.2, 0.25) is 0 Å². The fourth-order valence-corrected chi connectivity index (χ4v) is 2.90. The number of rotatable bonds is 10. The van der Waals surface area contributed by atoms with Gasteiger partial charge in [0.15, 0.2) is 5.13 Å². The molecule has 0 radical (unpaired) electrons. The van der Waals surface area contributed by atoms with Gasteiger partial charge in [0, 0.05) is 30.6 Å². The van der Waals surface area contributed by atoms with E-state index >= 15 is 0 Å². The highest BCUT2D eigenvalue weighted by molar-refractivity contribution is 7.14. The number of benzene rings is 1. The van der Waals surface area contributed by atoms with Crippen molar-refractivity contribution >= 4 is 40.2 Å². The number of anilines is 1. The zero-order chi connectivity index (χ0) is 25.7. The van der Waals surface area contributed by atoms with Crippen molar-refractivity contribution in [1.82, 2.24) is 15.2 Å². The van der Waals surface area contributed by atoms with Crippen LogP contribution in [0.4, 0.5) is 5.13 Å². The zero-order valence-corrected chi connectivity index (χ0v) is 19.8. The van der Waals surface area contributed by atoms with Gasteiger partial charge in [-0.1, -0.05) is 0 Å². The number of nitrogens with zero attached hydrogens (tertiary/aromatic N) is 2. The van der Waals surface area contributed by atoms with Crippen LogP contribution in [-0.2, 0) is 9.59 Å². The molecule has 0 aliphatic heterocycles. The van der Waals surface area contributed by atoms with Crippen LogP contribution in [-0.4, -0.2) is 85.3 Å². The number of aromatic nitrogens is 1. The first kappa shape index (κ1) is 28.1. The molecule has 12 nitrogen and oxygen atoms in total. The molecule has 0 saturated carbocycles. The van der Waals surface area contributed by atoms with Gasteiger partial charge in [-0.2, -0.15) is 0 Å². The molecule has 0 bridgehead atoms. The molecule has 0 saturated heterocycles. The second kappa shape index (κ2) is 14.2. The number of aliphatic carboxylic acids is 2. The summed E-state index contributed by atoms with van der Waals surface area (Å²) in [6.07, 6.45) is 1.12. The number of carboxylic acids is 2. The average molecular weight is 495 g/mol. The number of hydrogen-bond acceptors (Lipinski definition) is 9.